The molecule has 0 N–H and O–H groups in total. The zero-order valence-corrected chi connectivity index (χ0v) is 9.21. The zero-order valence-electron chi connectivity index (χ0n) is 9.21. The van der Waals surface area contributed by atoms with Gasteiger partial charge in [0, 0.05) is 11.9 Å². The van der Waals surface area contributed by atoms with Gasteiger partial charge in [0.25, 0.3) is 0 Å². The van der Waals surface area contributed by atoms with Gasteiger partial charge in [0.1, 0.15) is 0 Å². The SMILES string of the molecule is C(=C\c1ccccc1)/CCc1ccccn1. The second-order valence-electron chi connectivity index (χ2n) is 3.67. The van der Waals surface area contributed by atoms with Gasteiger partial charge in [0.05, 0.1) is 0 Å². The van der Waals surface area contributed by atoms with Crippen LogP contribution < -0.4 is 0 Å². The number of hydrogen-bond acceptors (Lipinski definition) is 1. The molecule has 2 aromatic rings. The molecule has 0 spiro atoms. The Morgan fingerprint density at radius 2 is 1.75 bits per heavy atom. The molecule has 0 aliphatic rings. The van der Waals surface area contributed by atoms with Crippen molar-refractivity contribution in [1.29, 1.82) is 0 Å². The van der Waals surface area contributed by atoms with E-state index in [2.05, 4.69) is 47.5 Å². The molecule has 0 amide bonds. The molecule has 0 saturated carbocycles. The summed E-state index contributed by atoms with van der Waals surface area (Å²) in [6.07, 6.45) is 8.24. The highest BCUT2D eigenvalue weighted by molar-refractivity contribution is 5.48. The van der Waals surface area contributed by atoms with Gasteiger partial charge in [-0.25, -0.2) is 0 Å². The second kappa shape index (κ2) is 5.86. The third-order valence-electron chi connectivity index (χ3n) is 2.40. The molecule has 0 atom stereocenters. The van der Waals surface area contributed by atoms with Gasteiger partial charge in [-0.1, -0.05) is 48.6 Å². The first-order valence-electron chi connectivity index (χ1n) is 5.56. The average molecular weight is 209 g/mol. The molecule has 1 heterocycles. The first-order chi connectivity index (χ1) is 7.95. The lowest BCUT2D eigenvalue weighted by molar-refractivity contribution is 0.946. The molecule has 0 bridgehead atoms. The maximum atomic E-state index is 4.29. The number of aryl methyl sites for hydroxylation is 1. The summed E-state index contributed by atoms with van der Waals surface area (Å²) in [6, 6.07) is 16.4. The first-order valence-corrected chi connectivity index (χ1v) is 5.56. The Hall–Kier alpha value is -1.89. The van der Waals surface area contributed by atoms with E-state index in [4.69, 9.17) is 0 Å². The van der Waals surface area contributed by atoms with E-state index in [1.165, 1.54) is 5.56 Å². The molecule has 0 radical (unpaired) electrons. The van der Waals surface area contributed by atoms with Crippen molar-refractivity contribution in [2.75, 3.05) is 0 Å². The van der Waals surface area contributed by atoms with Crippen LogP contribution >= 0.6 is 0 Å². The summed E-state index contributed by atoms with van der Waals surface area (Å²) < 4.78 is 0. The van der Waals surface area contributed by atoms with Crippen LogP contribution in [0.15, 0.2) is 60.8 Å². The van der Waals surface area contributed by atoms with Crippen molar-refractivity contribution in [3.05, 3.63) is 72.1 Å². The molecule has 0 saturated heterocycles. The Labute approximate surface area is 96.5 Å². The molecule has 0 aliphatic carbocycles. The second-order valence-corrected chi connectivity index (χ2v) is 3.67. The van der Waals surface area contributed by atoms with Gasteiger partial charge in [0.2, 0.25) is 0 Å². The van der Waals surface area contributed by atoms with Crippen LogP contribution in [0.5, 0.6) is 0 Å². The largest absolute Gasteiger partial charge is 0.261 e. The third kappa shape index (κ3) is 3.35. The molecule has 2 rings (SSSR count). The molecular formula is C15H15N. The highest BCUT2D eigenvalue weighted by Gasteiger charge is 1.89. The van der Waals surface area contributed by atoms with Gasteiger partial charge in [-0.05, 0) is 30.5 Å². The predicted molar refractivity (Wildman–Crippen MR) is 68.0 cm³/mol. The maximum absolute atomic E-state index is 4.29. The van der Waals surface area contributed by atoms with Gasteiger partial charge in [0.15, 0.2) is 0 Å². The summed E-state index contributed by atoms with van der Waals surface area (Å²) in [5.41, 5.74) is 2.41. The molecular weight excluding hydrogens is 194 g/mol. The number of allylic oxidation sites excluding steroid dienone is 1. The lowest BCUT2D eigenvalue weighted by Gasteiger charge is -1.95. The maximum Gasteiger partial charge on any atom is 0.0406 e. The quantitative estimate of drug-likeness (QED) is 0.747. The Kier molecular flexibility index (Phi) is 3.89. The molecule has 0 fully saturated rings. The van der Waals surface area contributed by atoms with Crippen molar-refractivity contribution in [1.82, 2.24) is 4.98 Å². The molecule has 0 aliphatic heterocycles. The highest BCUT2D eigenvalue weighted by atomic mass is 14.7. The van der Waals surface area contributed by atoms with E-state index in [1.54, 1.807) is 0 Å². The monoisotopic (exact) mass is 209 g/mol. The Balaban J connectivity index is 1.83. The van der Waals surface area contributed by atoms with Crippen molar-refractivity contribution in [3.63, 3.8) is 0 Å². The first kappa shape index (κ1) is 10.6. The van der Waals surface area contributed by atoms with Crippen molar-refractivity contribution in [2.45, 2.75) is 12.8 Å². The Morgan fingerprint density at radius 1 is 0.938 bits per heavy atom. The Morgan fingerprint density at radius 3 is 2.50 bits per heavy atom. The number of rotatable bonds is 4. The van der Waals surface area contributed by atoms with E-state index in [0.29, 0.717) is 0 Å². The minimum atomic E-state index is 1.00. The number of pyridine rings is 1. The fourth-order valence-corrected chi connectivity index (χ4v) is 1.56. The van der Waals surface area contributed by atoms with Crippen LogP contribution in [0.4, 0.5) is 0 Å². The van der Waals surface area contributed by atoms with Crippen LogP contribution in [0.2, 0.25) is 0 Å². The predicted octanol–water partition coefficient (Wildman–Crippen LogP) is 3.73. The number of benzene rings is 1. The van der Waals surface area contributed by atoms with Gasteiger partial charge < -0.3 is 0 Å². The summed E-state index contributed by atoms with van der Waals surface area (Å²) in [6.45, 7) is 0. The van der Waals surface area contributed by atoms with E-state index in [-0.39, 0.29) is 0 Å². The fraction of sp³-hybridized carbons (Fsp3) is 0.133. The summed E-state index contributed by atoms with van der Waals surface area (Å²) in [7, 11) is 0. The van der Waals surface area contributed by atoms with Gasteiger partial charge in [-0.15, -0.1) is 0 Å². The van der Waals surface area contributed by atoms with Crippen molar-refractivity contribution >= 4 is 6.08 Å². The van der Waals surface area contributed by atoms with Gasteiger partial charge >= 0.3 is 0 Å². The topological polar surface area (TPSA) is 12.9 Å². The number of hydrogen-bond donors (Lipinski definition) is 0. The Bertz CT molecular complexity index is 432. The molecule has 1 heteroatoms. The molecule has 1 nitrogen and oxygen atoms in total. The minimum absolute atomic E-state index is 1.00. The molecule has 1 aromatic carbocycles. The lowest BCUT2D eigenvalue weighted by atomic mass is 10.1. The van der Waals surface area contributed by atoms with Gasteiger partial charge in [-0.2, -0.15) is 0 Å². The molecule has 1 aromatic heterocycles. The summed E-state index contributed by atoms with van der Waals surface area (Å²) in [5.74, 6) is 0. The minimum Gasteiger partial charge on any atom is -0.261 e. The summed E-state index contributed by atoms with van der Waals surface area (Å²) in [5, 5.41) is 0. The zero-order chi connectivity index (χ0) is 11.1. The number of nitrogens with zero attached hydrogens (tertiary/aromatic N) is 1. The van der Waals surface area contributed by atoms with Crippen molar-refractivity contribution < 1.29 is 0 Å². The van der Waals surface area contributed by atoms with Crippen LogP contribution in [-0.2, 0) is 6.42 Å². The smallest absolute Gasteiger partial charge is 0.0406 e. The molecule has 80 valence electrons. The van der Waals surface area contributed by atoms with Crippen LogP contribution in [0.3, 0.4) is 0 Å². The van der Waals surface area contributed by atoms with Crippen LogP contribution in [0.25, 0.3) is 6.08 Å². The van der Waals surface area contributed by atoms with E-state index < -0.39 is 0 Å². The average Bonchev–Trinajstić information content (AvgIpc) is 2.37. The lowest BCUT2D eigenvalue weighted by Crippen LogP contribution is -1.86. The van der Waals surface area contributed by atoms with E-state index in [1.807, 2.05) is 24.4 Å². The summed E-state index contributed by atoms with van der Waals surface area (Å²) >= 11 is 0. The van der Waals surface area contributed by atoms with E-state index in [0.717, 1.165) is 18.5 Å². The van der Waals surface area contributed by atoms with Crippen LogP contribution in [0.1, 0.15) is 17.7 Å². The van der Waals surface area contributed by atoms with Crippen molar-refractivity contribution in [3.8, 4) is 0 Å². The number of aromatic nitrogens is 1. The fourth-order valence-electron chi connectivity index (χ4n) is 1.56. The summed E-state index contributed by atoms with van der Waals surface area (Å²) in [4.78, 5) is 4.29. The highest BCUT2D eigenvalue weighted by Crippen LogP contribution is 2.04. The van der Waals surface area contributed by atoms with E-state index in [9.17, 15) is 0 Å². The third-order valence-corrected chi connectivity index (χ3v) is 2.40. The normalized spacial score (nSPS) is 10.8. The van der Waals surface area contributed by atoms with E-state index >= 15 is 0 Å². The van der Waals surface area contributed by atoms with Crippen molar-refractivity contribution in [2.24, 2.45) is 0 Å². The molecule has 16 heavy (non-hydrogen) atoms. The molecule has 0 unspecified atom stereocenters. The van der Waals surface area contributed by atoms with Crippen LogP contribution in [0, 0.1) is 0 Å². The standard InChI is InChI=1S/C15H15N/c1-2-8-14(9-3-1)10-4-5-11-15-12-6-7-13-16-15/h1-4,6-10,12-13H,5,11H2/b10-4+. The van der Waals surface area contributed by atoms with Crippen LogP contribution in [-0.4, -0.2) is 4.98 Å². The van der Waals surface area contributed by atoms with Gasteiger partial charge in [-0.3, -0.25) is 4.98 Å².